The first-order chi connectivity index (χ1) is 3.13. The van der Waals surface area contributed by atoms with Gasteiger partial charge in [0.25, 0.3) is 0 Å². The molecular weight excluding hydrogens is 330 g/mol. The van der Waals surface area contributed by atoms with Crippen molar-refractivity contribution in [3.63, 3.8) is 0 Å². The van der Waals surface area contributed by atoms with Gasteiger partial charge < -0.3 is 11.0 Å². The maximum Gasteiger partial charge on any atom is 1.00 e. The number of rotatable bonds is 2. The smallest absolute Gasteiger partial charge is 1.00 e. The van der Waals surface area contributed by atoms with E-state index in [9.17, 15) is 18.3 Å². The quantitative estimate of drug-likeness (QED) is 0.366. The van der Waals surface area contributed by atoms with Gasteiger partial charge in [0, 0.05) is 0 Å². The monoisotopic (exact) mass is 330 g/mol. The molecular formula is K4O7P2. The van der Waals surface area contributed by atoms with E-state index in [-0.39, 0.29) is 216 Å². The van der Waals surface area contributed by atoms with E-state index in [4.69, 9.17) is 0 Å². The SMILES string of the molecule is O=P(=O)OP(=O)=O.[K+].[K+].[K+].[K+].[O-2].[O-2]. The molecule has 0 aliphatic heterocycles. The van der Waals surface area contributed by atoms with Crippen LogP contribution >= 0.6 is 15.8 Å². The predicted octanol–water partition coefficient (Wildman–Crippen LogP) is -11.0. The summed E-state index contributed by atoms with van der Waals surface area (Å²) in [6, 6.07) is 0. The van der Waals surface area contributed by atoms with E-state index in [1.54, 1.807) is 0 Å². The zero-order valence-electron chi connectivity index (χ0n) is 7.75. The van der Waals surface area contributed by atoms with Gasteiger partial charge in [0.1, 0.15) is 0 Å². The second-order valence-electron chi connectivity index (χ2n) is 0.529. The molecule has 0 radical (unpaired) electrons. The van der Waals surface area contributed by atoms with Crippen molar-refractivity contribution in [2.75, 3.05) is 0 Å². The Balaban J connectivity index is -0.0000000120. The van der Waals surface area contributed by atoms with E-state index in [1.807, 2.05) is 0 Å². The van der Waals surface area contributed by atoms with Gasteiger partial charge in [0.15, 0.2) is 0 Å². The number of hydrogen-bond acceptors (Lipinski definition) is 5. The molecule has 0 fully saturated rings. The van der Waals surface area contributed by atoms with Gasteiger partial charge >= 0.3 is 221 Å². The van der Waals surface area contributed by atoms with Gasteiger partial charge in [0.05, 0.1) is 0 Å². The molecule has 0 aromatic carbocycles. The Morgan fingerprint density at radius 1 is 0.615 bits per heavy atom. The molecule has 56 valence electrons. The summed E-state index contributed by atoms with van der Waals surface area (Å²) in [5.41, 5.74) is 0. The first kappa shape index (κ1) is 42.7. The van der Waals surface area contributed by atoms with E-state index in [2.05, 4.69) is 4.31 Å². The van der Waals surface area contributed by atoms with Gasteiger partial charge in [-0.05, 0) is 0 Å². The minimum atomic E-state index is -3.24. The molecule has 0 heterocycles. The summed E-state index contributed by atoms with van der Waals surface area (Å²) >= 11 is 0. The fraction of sp³-hybridized carbons (Fsp3) is 0. The molecule has 0 rings (SSSR count). The summed E-state index contributed by atoms with van der Waals surface area (Å²) in [7, 11) is -6.47. The third-order valence-corrected chi connectivity index (χ3v) is 1.20. The summed E-state index contributed by atoms with van der Waals surface area (Å²) in [4.78, 5) is 0. The van der Waals surface area contributed by atoms with Gasteiger partial charge in [-0.1, -0.05) is 0 Å². The standard InChI is InChI=1S/4K.O5P2.2O/c;;;;1-6(2)5-7(3)4;;/q4*+1;;2*-2. The average molecular weight is 330 g/mol. The van der Waals surface area contributed by atoms with Crippen molar-refractivity contribution in [3.8, 4) is 0 Å². The second-order valence-corrected chi connectivity index (χ2v) is 2.08. The minimum absolute atomic E-state index is 0. The van der Waals surface area contributed by atoms with Crippen LogP contribution in [0, 0.1) is 0 Å². The number of hydrogen-bond donors (Lipinski definition) is 0. The topological polar surface area (TPSA) is 135 Å². The van der Waals surface area contributed by atoms with Crippen LogP contribution in [0.4, 0.5) is 0 Å². The van der Waals surface area contributed by atoms with Crippen molar-refractivity contribution in [2.45, 2.75) is 0 Å². The zero-order chi connectivity index (χ0) is 5.86. The van der Waals surface area contributed by atoms with Crippen LogP contribution in [0.2, 0.25) is 0 Å². The van der Waals surface area contributed by atoms with Gasteiger partial charge in [-0.25, -0.2) is 18.3 Å². The van der Waals surface area contributed by atoms with E-state index in [0.717, 1.165) is 0 Å². The zero-order valence-corrected chi connectivity index (χ0v) is 22.0. The van der Waals surface area contributed by atoms with E-state index in [1.165, 1.54) is 0 Å². The molecule has 13 heavy (non-hydrogen) atoms. The molecule has 0 unspecified atom stereocenters. The third-order valence-electron chi connectivity index (χ3n) is 0.133. The summed E-state index contributed by atoms with van der Waals surface area (Å²) in [6.45, 7) is 0. The molecule has 0 aliphatic rings. The van der Waals surface area contributed by atoms with Crippen LogP contribution in [0.25, 0.3) is 0 Å². The minimum Gasteiger partial charge on any atom is -2.00 e. The van der Waals surface area contributed by atoms with Crippen molar-refractivity contribution in [1.29, 1.82) is 0 Å². The van der Waals surface area contributed by atoms with E-state index >= 15 is 0 Å². The Morgan fingerprint density at radius 2 is 0.769 bits per heavy atom. The first-order valence-electron chi connectivity index (χ1n) is 1.10. The van der Waals surface area contributed by atoms with Gasteiger partial charge in [-0.3, -0.25) is 0 Å². The maximum atomic E-state index is 9.24. The van der Waals surface area contributed by atoms with Crippen LogP contribution in [-0.4, -0.2) is 0 Å². The summed E-state index contributed by atoms with van der Waals surface area (Å²) < 4.78 is 40.1. The van der Waals surface area contributed by atoms with Gasteiger partial charge in [0.2, 0.25) is 0 Å². The molecule has 0 aliphatic carbocycles. The van der Waals surface area contributed by atoms with Crippen LogP contribution < -0.4 is 206 Å². The molecule has 0 saturated carbocycles. The molecule has 0 N–H and O–H groups in total. The van der Waals surface area contributed by atoms with Crippen LogP contribution in [-0.2, 0) is 33.5 Å². The van der Waals surface area contributed by atoms with Crippen LogP contribution in [0.1, 0.15) is 0 Å². The third kappa shape index (κ3) is 45.9. The molecule has 7 nitrogen and oxygen atoms in total. The van der Waals surface area contributed by atoms with Gasteiger partial charge in [-0.2, -0.15) is 4.31 Å². The summed E-state index contributed by atoms with van der Waals surface area (Å²) in [5.74, 6) is 0. The van der Waals surface area contributed by atoms with Crippen LogP contribution in [0.15, 0.2) is 0 Å². The molecule has 0 aromatic rings. The van der Waals surface area contributed by atoms with Crippen molar-refractivity contribution in [2.24, 2.45) is 0 Å². The second kappa shape index (κ2) is 30.9. The van der Waals surface area contributed by atoms with Crippen LogP contribution in [0.5, 0.6) is 0 Å². The largest absolute Gasteiger partial charge is 2.00 e. The Labute approximate surface area is 246 Å². The molecule has 0 saturated heterocycles. The molecule has 13 heteroatoms. The van der Waals surface area contributed by atoms with Crippen molar-refractivity contribution in [3.05, 3.63) is 0 Å². The van der Waals surface area contributed by atoms with Gasteiger partial charge in [-0.15, -0.1) is 0 Å². The average Bonchev–Trinajstić information content (AvgIpc) is 1.27. The molecule has 0 amide bonds. The normalized spacial score (nSPS) is 4.31. The van der Waals surface area contributed by atoms with Crippen molar-refractivity contribution in [1.82, 2.24) is 0 Å². The van der Waals surface area contributed by atoms with Crippen molar-refractivity contribution >= 4 is 15.8 Å². The van der Waals surface area contributed by atoms with E-state index in [0.29, 0.717) is 0 Å². The van der Waals surface area contributed by atoms with Crippen molar-refractivity contribution < 1.29 is 239 Å². The Hall–Kier alpha value is 6.23. The maximum absolute atomic E-state index is 9.24. The predicted molar refractivity (Wildman–Crippen MR) is 19.0 cm³/mol. The Bertz CT molecular complexity index is 147. The Kier molecular flexibility index (Phi) is 102. The fourth-order valence-corrected chi connectivity index (χ4v) is 0.490. The summed E-state index contributed by atoms with van der Waals surface area (Å²) in [6.07, 6.45) is 0. The van der Waals surface area contributed by atoms with Crippen LogP contribution in [0.3, 0.4) is 0 Å². The molecule has 0 atom stereocenters. The summed E-state index contributed by atoms with van der Waals surface area (Å²) in [5, 5.41) is 0. The van der Waals surface area contributed by atoms with E-state index < -0.39 is 15.8 Å². The first-order valence-corrected chi connectivity index (χ1v) is 3.29. The Morgan fingerprint density at radius 3 is 0.769 bits per heavy atom. The molecule has 0 aromatic heterocycles. The molecule has 0 bridgehead atoms. The fourth-order valence-electron chi connectivity index (χ4n) is 0.0544. The molecule has 0 spiro atoms.